The topological polar surface area (TPSA) is 79.2 Å². The number of nitrogens with one attached hydrogen (secondary N) is 1. The average molecular weight is 296 g/mol. The fourth-order valence-electron chi connectivity index (χ4n) is 1.22. The zero-order chi connectivity index (χ0) is 15.0. The molecule has 20 heavy (non-hydrogen) atoms. The number of esters is 1. The molecule has 0 spiro atoms. The van der Waals surface area contributed by atoms with Crippen LogP contribution >= 0.6 is 11.8 Å². The Bertz CT molecular complexity index is 513. The van der Waals surface area contributed by atoms with Gasteiger partial charge in [0.25, 0.3) is 0 Å². The molecule has 0 radical (unpaired) electrons. The molecular formula is C13H13FN2O3S. The molecule has 1 amide bonds. The summed E-state index contributed by atoms with van der Waals surface area (Å²) in [6, 6.07) is 7.07. The maximum atomic E-state index is 12.7. The number of thioether (sulfide) groups is 1. The number of nitriles is 1. The van der Waals surface area contributed by atoms with E-state index in [1.165, 1.54) is 24.3 Å². The molecule has 1 aromatic rings. The minimum absolute atomic E-state index is 0.0558. The van der Waals surface area contributed by atoms with Crippen LogP contribution < -0.4 is 5.32 Å². The van der Waals surface area contributed by atoms with E-state index in [1.54, 1.807) is 13.0 Å². The fraction of sp³-hybridized carbons (Fsp3) is 0.308. The highest BCUT2D eigenvalue weighted by Gasteiger charge is 2.16. The van der Waals surface area contributed by atoms with Gasteiger partial charge in [-0.1, -0.05) is 0 Å². The summed E-state index contributed by atoms with van der Waals surface area (Å²) >= 11 is 1.10. The van der Waals surface area contributed by atoms with Crippen LogP contribution in [-0.2, 0) is 14.3 Å². The number of hydrogen-bond donors (Lipinski definition) is 1. The number of carbonyl (C=O) groups is 2. The molecule has 0 unspecified atom stereocenters. The van der Waals surface area contributed by atoms with E-state index in [0.29, 0.717) is 5.69 Å². The fourth-order valence-corrected chi connectivity index (χ4v) is 1.90. The molecule has 0 aliphatic carbocycles. The molecule has 0 bridgehead atoms. The number of carbonyl (C=O) groups excluding carboxylic acids is 2. The molecule has 1 aromatic carbocycles. The van der Waals surface area contributed by atoms with E-state index >= 15 is 0 Å². The van der Waals surface area contributed by atoms with E-state index in [0.717, 1.165) is 11.8 Å². The van der Waals surface area contributed by atoms with Gasteiger partial charge in [-0.05, 0) is 31.2 Å². The molecule has 0 fully saturated rings. The highest BCUT2D eigenvalue weighted by molar-refractivity contribution is 8.01. The Kier molecular flexibility index (Phi) is 6.53. The first kappa shape index (κ1) is 16.0. The predicted molar refractivity (Wildman–Crippen MR) is 73.5 cm³/mol. The van der Waals surface area contributed by atoms with Crippen molar-refractivity contribution < 1.29 is 18.7 Å². The quantitative estimate of drug-likeness (QED) is 0.812. The molecule has 7 heteroatoms. The van der Waals surface area contributed by atoms with Crippen LogP contribution in [0.2, 0.25) is 0 Å². The van der Waals surface area contributed by atoms with Crippen molar-refractivity contribution in [2.45, 2.75) is 12.2 Å². The zero-order valence-corrected chi connectivity index (χ0v) is 11.6. The number of rotatable bonds is 6. The first-order valence-corrected chi connectivity index (χ1v) is 6.78. The maximum absolute atomic E-state index is 12.7. The van der Waals surface area contributed by atoms with Crippen molar-refractivity contribution in [1.82, 2.24) is 0 Å². The van der Waals surface area contributed by atoms with Crippen molar-refractivity contribution in [3.8, 4) is 6.07 Å². The number of anilines is 1. The third kappa shape index (κ3) is 5.71. The predicted octanol–water partition coefficient (Wildman–Crippen LogP) is 1.95. The smallest absolute Gasteiger partial charge is 0.319 e. The van der Waals surface area contributed by atoms with Gasteiger partial charge < -0.3 is 10.1 Å². The lowest BCUT2D eigenvalue weighted by molar-refractivity contribution is -0.141. The number of halogens is 1. The van der Waals surface area contributed by atoms with Crippen LogP contribution in [0.25, 0.3) is 0 Å². The normalized spacial score (nSPS) is 11.2. The molecule has 0 saturated carbocycles. The van der Waals surface area contributed by atoms with Gasteiger partial charge >= 0.3 is 5.97 Å². The summed E-state index contributed by atoms with van der Waals surface area (Å²) in [6.45, 7) is 1.29. The van der Waals surface area contributed by atoms with Gasteiger partial charge in [0, 0.05) is 5.69 Å². The van der Waals surface area contributed by atoms with Crippen molar-refractivity contribution in [3.05, 3.63) is 30.1 Å². The van der Waals surface area contributed by atoms with Crippen LogP contribution in [0, 0.1) is 17.1 Å². The number of benzene rings is 1. The second-order valence-corrected chi connectivity index (χ2v) is 5.10. The Labute approximate surface area is 120 Å². The molecule has 5 nitrogen and oxygen atoms in total. The van der Waals surface area contributed by atoms with Gasteiger partial charge in [0.15, 0.2) is 6.61 Å². The first-order valence-electron chi connectivity index (χ1n) is 5.73. The summed E-state index contributed by atoms with van der Waals surface area (Å²) in [5.74, 6) is -1.17. The molecule has 0 aromatic heterocycles. The van der Waals surface area contributed by atoms with Crippen LogP contribution in [-0.4, -0.2) is 29.5 Å². The van der Waals surface area contributed by atoms with Crippen molar-refractivity contribution in [2.24, 2.45) is 0 Å². The van der Waals surface area contributed by atoms with Crippen LogP contribution in [0.5, 0.6) is 0 Å². The minimum Gasteiger partial charge on any atom is -0.449 e. The Morgan fingerprint density at radius 1 is 1.45 bits per heavy atom. The Morgan fingerprint density at radius 2 is 2.10 bits per heavy atom. The first-order chi connectivity index (χ1) is 9.52. The van der Waals surface area contributed by atoms with Crippen molar-refractivity contribution in [2.75, 3.05) is 17.7 Å². The third-order valence-electron chi connectivity index (χ3n) is 2.20. The van der Waals surface area contributed by atoms with Crippen molar-refractivity contribution in [3.63, 3.8) is 0 Å². The molecule has 0 aliphatic heterocycles. The molecular weight excluding hydrogens is 283 g/mol. The van der Waals surface area contributed by atoms with Crippen LogP contribution in [0.1, 0.15) is 6.92 Å². The third-order valence-corrected chi connectivity index (χ3v) is 3.32. The zero-order valence-electron chi connectivity index (χ0n) is 10.8. The molecule has 0 saturated heterocycles. The lowest BCUT2D eigenvalue weighted by Gasteiger charge is -2.09. The molecule has 1 N–H and O–H groups in total. The molecule has 0 aliphatic rings. The van der Waals surface area contributed by atoms with Gasteiger partial charge in [-0.2, -0.15) is 5.26 Å². The van der Waals surface area contributed by atoms with Gasteiger partial charge in [0.05, 0.1) is 5.75 Å². The standard InChI is InChI=1S/C13H13FN2O3S/c1-9(13(18)19-7-6-15)20-8-12(17)16-11-4-2-10(14)3-5-11/h2-5,9H,7-8H2,1H3,(H,16,17)/t9-/m0/s1. The second kappa shape index (κ2) is 8.17. The highest BCUT2D eigenvalue weighted by Crippen LogP contribution is 2.14. The lowest BCUT2D eigenvalue weighted by atomic mass is 10.3. The van der Waals surface area contributed by atoms with E-state index in [9.17, 15) is 14.0 Å². The Morgan fingerprint density at radius 3 is 2.70 bits per heavy atom. The summed E-state index contributed by atoms with van der Waals surface area (Å²) in [6.07, 6.45) is 0. The molecule has 1 atom stereocenters. The molecule has 0 heterocycles. The number of hydrogen-bond acceptors (Lipinski definition) is 5. The SMILES string of the molecule is C[C@H](SCC(=O)Nc1ccc(F)cc1)C(=O)OCC#N. The lowest BCUT2D eigenvalue weighted by Crippen LogP contribution is -2.21. The summed E-state index contributed by atoms with van der Waals surface area (Å²) in [5.41, 5.74) is 0.483. The number of amides is 1. The highest BCUT2D eigenvalue weighted by atomic mass is 32.2. The summed E-state index contributed by atoms with van der Waals surface area (Å²) in [4.78, 5) is 23.0. The largest absolute Gasteiger partial charge is 0.449 e. The summed E-state index contributed by atoms with van der Waals surface area (Å²) in [5, 5.41) is 10.3. The van der Waals surface area contributed by atoms with Crippen molar-refractivity contribution >= 4 is 29.3 Å². The summed E-state index contributed by atoms with van der Waals surface area (Å²) < 4.78 is 17.3. The van der Waals surface area contributed by atoms with Crippen LogP contribution in [0.3, 0.4) is 0 Å². The van der Waals surface area contributed by atoms with Crippen LogP contribution in [0.15, 0.2) is 24.3 Å². The van der Waals surface area contributed by atoms with E-state index in [-0.39, 0.29) is 24.1 Å². The maximum Gasteiger partial charge on any atom is 0.319 e. The monoisotopic (exact) mass is 296 g/mol. The van der Waals surface area contributed by atoms with Crippen molar-refractivity contribution in [1.29, 1.82) is 5.26 Å². The average Bonchev–Trinajstić information content (AvgIpc) is 2.44. The van der Waals surface area contributed by atoms with Gasteiger partial charge in [0.1, 0.15) is 17.1 Å². The Hall–Kier alpha value is -2.07. The number of ether oxygens (including phenoxy) is 1. The van der Waals surface area contributed by atoms with E-state index in [2.05, 4.69) is 10.1 Å². The van der Waals surface area contributed by atoms with Gasteiger partial charge in [-0.25, -0.2) is 4.39 Å². The van der Waals surface area contributed by atoms with E-state index in [4.69, 9.17) is 5.26 Å². The molecule has 106 valence electrons. The van der Waals surface area contributed by atoms with Gasteiger partial charge in [0.2, 0.25) is 5.91 Å². The molecule has 1 rings (SSSR count). The van der Waals surface area contributed by atoms with Gasteiger partial charge in [-0.3, -0.25) is 9.59 Å². The minimum atomic E-state index is -0.540. The number of nitrogens with zero attached hydrogens (tertiary/aromatic N) is 1. The second-order valence-electron chi connectivity index (χ2n) is 3.77. The van der Waals surface area contributed by atoms with Crippen LogP contribution in [0.4, 0.5) is 10.1 Å². The van der Waals surface area contributed by atoms with Gasteiger partial charge in [-0.15, -0.1) is 11.8 Å². The van der Waals surface area contributed by atoms with E-state index < -0.39 is 11.2 Å². The Balaban J connectivity index is 2.34. The van der Waals surface area contributed by atoms with E-state index in [1.807, 2.05) is 0 Å². The summed E-state index contributed by atoms with van der Waals surface area (Å²) in [7, 11) is 0.